The van der Waals surface area contributed by atoms with Gasteiger partial charge in [-0.3, -0.25) is 4.79 Å². The molecule has 0 aromatic carbocycles. The van der Waals surface area contributed by atoms with Crippen LogP contribution in [0, 0.1) is 0 Å². The van der Waals surface area contributed by atoms with E-state index >= 15 is 0 Å². The molecule has 0 radical (unpaired) electrons. The minimum atomic E-state index is 0. The van der Waals surface area contributed by atoms with Gasteiger partial charge in [0.1, 0.15) is 6.54 Å². The highest BCUT2D eigenvalue weighted by molar-refractivity contribution is 14.0. The Morgan fingerprint density at radius 3 is 2.65 bits per heavy atom. The van der Waals surface area contributed by atoms with Crippen molar-refractivity contribution in [3.05, 3.63) is 0 Å². The summed E-state index contributed by atoms with van der Waals surface area (Å²) in [6.45, 7) is 4.47. The molecular weight excluding hydrogens is 423 g/mol. The lowest BCUT2D eigenvalue weighted by Crippen LogP contribution is -2.48. The fraction of sp³-hybridized carbons (Fsp3) is 0.875. The smallest absolute Gasteiger partial charge is 0.243 e. The SMILES string of the molecule is CCC(C)NC(=NCC(=O)N(C)C)NC1CCCC(SC)C1.I. The van der Waals surface area contributed by atoms with Gasteiger partial charge in [0.25, 0.3) is 0 Å². The molecule has 1 aliphatic rings. The van der Waals surface area contributed by atoms with Crippen LogP contribution in [0.2, 0.25) is 0 Å². The molecule has 1 rings (SSSR count). The van der Waals surface area contributed by atoms with Crippen LogP contribution in [0.15, 0.2) is 4.99 Å². The summed E-state index contributed by atoms with van der Waals surface area (Å²) in [5, 5.41) is 7.67. The maximum Gasteiger partial charge on any atom is 0.243 e. The van der Waals surface area contributed by atoms with Crippen LogP contribution in [0.4, 0.5) is 0 Å². The van der Waals surface area contributed by atoms with E-state index < -0.39 is 0 Å². The van der Waals surface area contributed by atoms with Gasteiger partial charge in [0.05, 0.1) is 0 Å². The summed E-state index contributed by atoms with van der Waals surface area (Å²) in [6, 6.07) is 0.802. The lowest BCUT2D eigenvalue weighted by atomic mass is 9.95. The van der Waals surface area contributed by atoms with Crippen molar-refractivity contribution in [1.29, 1.82) is 0 Å². The third-order valence-corrected chi connectivity index (χ3v) is 5.26. The first-order valence-corrected chi connectivity index (χ1v) is 9.55. The van der Waals surface area contributed by atoms with E-state index in [-0.39, 0.29) is 36.4 Å². The standard InChI is InChI=1S/C16H32N4OS.HI/c1-6-12(2)18-16(17-11-15(21)20(3)4)19-13-8-7-9-14(10-13)22-5;/h12-14H,6-11H2,1-5H3,(H2,17,18,19);1H. The molecule has 0 saturated heterocycles. The van der Waals surface area contributed by atoms with Crippen LogP contribution >= 0.6 is 35.7 Å². The quantitative estimate of drug-likeness (QED) is 0.367. The summed E-state index contributed by atoms with van der Waals surface area (Å²) in [4.78, 5) is 17.8. The molecule has 2 N–H and O–H groups in total. The number of aliphatic imine (C=N–C) groups is 1. The summed E-state index contributed by atoms with van der Waals surface area (Å²) in [6.07, 6.45) is 8.14. The molecule has 0 aromatic heterocycles. The average Bonchev–Trinajstić information content (AvgIpc) is 2.52. The number of thioether (sulfide) groups is 1. The molecule has 5 nitrogen and oxygen atoms in total. The Hall–Kier alpha value is -0.180. The number of hydrogen-bond donors (Lipinski definition) is 2. The number of guanidine groups is 1. The third-order valence-electron chi connectivity index (χ3n) is 4.17. The summed E-state index contributed by atoms with van der Waals surface area (Å²) in [5.74, 6) is 0.798. The first kappa shape index (κ1) is 22.8. The van der Waals surface area contributed by atoms with Crippen molar-refractivity contribution in [2.75, 3.05) is 26.9 Å². The average molecular weight is 456 g/mol. The molecular formula is C16H33IN4OS. The molecule has 0 aromatic rings. The number of halogens is 1. The largest absolute Gasteiger partial charge is 0.354 e. The van der Waals surface area contributed by atoms with Gasteiger partial charge < -0.3 is 15.5 Å². The summed E-state index contributed by atoms with van der Waals surface area (Å²) in [5.41, 5.74) is 0. The van der Waals surface area contributed by atoms with Gasteiger partial charge in [-0.15, -0.1) is 24.0 Å². The number of likely N-dealkylation sites (N-methyl/N-ethyl adjacent to an activating group) is 1. The topological polar surface area (TPSA) is 56.7 Å². The van der Waals surface area contributed by atoms with Crippen molar-refractivity contribution in [2.24, 2.45) is 4.99 Å². The number of carbonyl (C=O) groups is 1. The summed E-state index contributed by atoms with van der Waals surface area (Å²) < 4.78 is 0. The van der Waals surface area contributed by atoms with E-state index in [1.54, 1.807) is 19.0 Å². The summed E-state index contributed by atoms with van der Waals surface area (Å²) >= 11 is 1.96. The molecule has 1 amide bonds. The van der Waals surface area contributed by atoms with Crippen LogP contribution in [0.1, 0.15) is 46.0 Å². The Morgan fingerprint density at radius 1 is 1.39 bits per heavy atom. The lowest BCUT2D eigenvalue weighted by molar-refractivity contribution is -0.127. The molecule has 0 bridgehead atoms. The van der Waals surface area contributed by atoms with Crippen LogP contribution < -0.4 is 10.6 Å². The molecule has 23 heavy (non-hydrogen) atoms. The highest BCUT2D eigenvalue weighted by Gasteiger charge is 2.22. The minimum absolute atomic E-state index is 0. The molecule has 1 fully saturated rings. The molecule has 0 aliphatic heterocycles. The zero-order valence-corrected chi connectivity index (χ0v) is 18.2. The predicted molar refractivity (Wildman–Crippen MR) is 112 cm³/mol. The van der Waals surface area contributed by atoms with E-state index in [2.05, 4.69) is 35.7 Å². The number of carbonyl (C=O) groups excluding carboxylic acids is 1. The van der Waals surface area contributed by atoms with Gasteiger partial charge in [0.15, 0.2) is 5.96 Å². The summed E-state index contributed by atoms with van der Waals surface area (Å²) in [7, 11) is 3.52. The maximum absolute atomic E-state index is 11.8. The van der Waals surface area contributed by atoms with E-state index in [0.717, 1.165) is 17.6 Å². The van der Waals surface area contributed by atoms with Gasteiger partial charge in [0.2, 0.25) is 5.91 Å². The van der Waals surface area contributed by atoms with Gasteiger partial charge in [-0.1, -0.05) is 13.3 Å². The second kappa shape index (κ2) is 12.2. The number of amides is 1. The molecule has 0 heterocycles. The Morgan fingerprint density at radius 2 is 2.09 bits per heavy atom. The fourth-order valence-corrected chi connectivity index (χ4v) is 3.27. The second-order valence-corrected chi connectivity index (χ2v) is 7.41. The van der Waals surface area contributed by atoms with Gasteiger partial charge in [-0.05, 0) is 38.9 Å². The van der Waals surface area contributed by atoms with Gasteiger partial charge in [0, 0.05) is 31.4 Å². The van der Waals surface area contributed by atoms with Crippen molar-refractivity contribution in [2.45, 2.75) is 63.3 Å². The predicted octanol–water partition coefficient (Wildman–Crippen LogP) is 2.70. The Labute approximate surface area is 162 Å². The molecule has 0 spiro atoms. The molecule has 1 saturated carbocycles. The van der Waals surface area contributed by atoms with E-state index in [1.807, 2.05) is 11.8 Å². The van der Waals surface area contributed by atoms with E-state index in [0.29, 0.717) is 12.1 Å². The zero-order valence-electron chi connectivity index (χ0n) is 15.1. The Balaban J connectivity index is 0.00000484. The maximum atomic E-state index is 11.8. The number of rotatable bonds is 6. The molecule has 7 heteroatoms. The van der Waals surface area contributed by atoms with Crippen molar-refractivity contribution in [3.63, 3.8) is 0 Å². The van der Waals surface area contributed by atoms with Crippen LogP contribution in [0.5, 0.6) is 0 Å². The molecule has 3 atom stereocenters. The van der Waals surface area contributed by atoms with Crippen LogP contribution in [-0.4, -0.2) is 61.0 Å². The van der Waals surface area contributed by atoms with Gasteiger partial charge >= 0.3 is 0 Å². The van der Waals surface area contributed by atoms with Crippen molar-refractivity contribution in [3.8, 4) is 0 Å². The molecule has 1 aliphatic carbocycles. The Kier molecular flexibility index (Phi) is 12.1. The van der Waals surface area contributed by atoms with Crippen molar-refractivity contribution < 1.29 is 4.79 Å². The number of hydrogen-bond acceptors (Lipinski definition) is 3. The monoisotopic (exact) mass is 456 g/mol. The van der Waals surface area contributed by atoms with Crippen molar-refractivity contribution in [1.82, 2.24) is 15.5 Å². The number of nitrogens with zero attached hydrogens (tertiary/aromatic N) is 2. The Bertz CT molecular complexity index is 379. The minimum Gasteiger partial charge on any atom is -0.354 e. The second-order valence-electron chi connectivity index (χ2n) is 6.27. The first-order chi connectivity index (χ1) is 10.5. The molecule has 3 unspecified atom stereocenters. The highest BCUT2D eigenvalue weighted by Crippen LogP contribution is 2.26. The first-order valence-electron chi connectivity index (χ1n) is 8.26. The number of nitrogens with one attached hydrogen (secondary N) is 2. The lowest BCUT2D eigenvalue weighted by Gasteiger charge is -2.30. The van der Waals surface area contributed by atoms with Crippen molar-refractivity contribution >= 4 is 47.6 Å². The fourth-order valence-electron chi connectivity index (χ4n) is 2.44. The van der Waals surface area contributed by atoms with Gasteiger partial charge in [-0.2, -0.15) is 11.8 Å². The van der Waals surface area contributed by atoms with E-state index in [4.69, 9.17) is 0 Å². The van der Waals surface area contributed by atoms with Crippen LogP contribution in [0.25, 0.3) is 0 Å². The molecule has 136 valence electrons. The van der Waals surface area contributed by atoms with Crippen LogP contribution in [-0.2, 0) is 4.79 Å². The van der Waals surface area contributed by atoms with Crippen LogP contribution in [0.3, 0.4) is 0 Å². The zero-order chi connectivity index (χ0) is 16.5. The van der Waals surface area contributed by atoms with E-state index in [9.17, 15) is 4.79 Å². The normalized spacial score (nSPS) is 22.7. The highest BCUT2D eigenvalue weighted by atomic mass is 127. The van der Waals surface area contributed by atoms with Gasteiger partial charge in [-0.25, -0.2) is 4.99 Å². The van der Waals surface area contributed by atoms with E-state index in [1.165, 1.54) is 25.7 Å². The third kappa shape index (κ3) is 9.02.